The number of aldehydes is 2. The summed E-state index contributed by atoms with van der Waals surface area (Å²) in [6.07, 6.45) is 32.6. The minimum atomic E-state index is -0.630. The van der Waals surface area contributed by atoms with Crippen LogP contribution >= 0.6 is 31.9 Å². The van der Waals surface area contributed by atoms with Gasteiger partial charge in [-0.25, -0.2) is 28.8 Å². The molecule has 33 nitrogen and oxygen atoms in total. The van der Waals surface area contributed by atoms with Crippen LogP contribution in [0, 0.1) is 64.5 Å². The molecular formula is C97H140Br2N6O27. The number of hydrogen-bond donors (Lipinski definition) is 5. The molecule has 3 aromatic rings. The Morgan fingerprint density at radius 1 is 0.508 bits per heavy atom. The molecule has 11 aliphatic heterocycles. The maximum Gasteiger partial charge on any atom is 0.418 e. The summed E-state index contributed by atoms with van der Waals surface area (Å²) in [4.78, 5) is 135. The van der Waals surface area contributed by atoms with Crippen molar-refractivity contribution < 1.29 is 130 Å². The number of halogens is 2. The topological polar surface area (TPSA) is 412 Å². The predicted molar refractivity (Wildman–Crippen MR) is 498 cm³/mol. The largest absolute Gasteiger partial charge is 0.507 e. The van der Waals surface area contributed by atoms with E-state index in [4.69, 9.17) is 63.1 Å². The summed E-state index contributed by atoms with van der Waals surface area (Å²) < 4.78 is 55.9. The van der Waals surface area contributed by atoms with E-state index >= 15 is 0 Å². The third-order valence-corrected chi connectivity index (χ3v) is 26.0. The van der Waals surface area contributed by atoms with Crippen LogP contribution in [-0.4, -0.2) is 295 Å². The quantitative estimate of drug-likeness (QED) is 0.0314. The average Bonchev–Trinajstić information content (AvgIpc) is 1.59. The summed E-state index contributed by atoms with van der Waals surface area (Å²) in [6, 6.07) is 15.9. The van der Waals surface area contributed by atoms with Gasteiger partial charge in [0.15, 0.2) is 12.6 Å². The van der Waals surface area contributed by atoms with Crippen LogP contribution in [-0.2, 0) is 76.1 Å². The Morgan fingerprint density at radius 3 is 1.32 bits per heavy atom. The van der Waals surface area contributed by atoms with Crippen LogP contribution < -0.4 is 4.74 Å². The lowest BCUT2D eigenvalue weighted by Crippen LogP contribution is -2.42. The highest BCUT2D eigenvalue weighted by molar-refractivity contribution is 9.12. The first kappa shape index (κ1) is 113. The van der Waals surface area contributed by atoms with Crippen LogP contribution in [0.25, 0.3) is 0 Å². The van der Waals surface area contributed by atoms with Crippen molar-refractivity contribution in [3.8, 4) is 46.1 Å². The number of benzene rings is 2. The van der Waals surface area contributed by atoms with Crippen LogP contribution in [0.1, 0.15) is 206 Å². The van der Waals surface area contributed by atoms with E-state index in [1.54, 1.807) is 75.2 Å². The number of rotatable bonds is 10. The molecule has 9 saturated heterocycles. The summed E-state index contributed by atoms with van der Waals surface area (Å²) in [5, 5.41) is 44.0. The van der Waals surface area contributed by atoms with E-state index in [9.17, 15) is 57.8 Å². The van der Waals surface area contributed by atoms with E-state index < -0.39 is 46.8 Å². The van der Waals surface area contributed by atoms with Crippen LogP contribution in [0.15, 0.2) is 83.1 Å². The fraction of sp³-hybridized carbons (Fsp3) is 0.639. The molecule has 16 rings (SSSR count). The van der Waals surface area contributed by atoms with Gasteiger partial charge in [0.1, 0.15) is 39.8 Å². The van der Waals surface area contributed by atoms with Crippen LogP contribution in [0.3, 0.4) is 0 Å². The first-order valence-electron chi connectivity index (χ1n) is 44.8. The number of ether oxygens (including phenoxy) is 11. The molecule has 11 fully saturated rings. The molecule has 734 valence electrons. The number of nitrogens with zero attached hydrogens (tertiary/aromatic N) is 6. The van der Waals surface area contributed by atoms with Gasteiger partial charge in [0, 0.05) is 125 Å². The smallest absolute Gasteiger partial charge is 0.418 e. The Kier molecular flexibility index (Phi) is 46.8. The first-order valence-corrected chi connectivity index (χ1v) is 46.4. The molecule has 17 unspecified atom stereocenters. The number of esters is 6. The lowest BCUT2D eigenvalue weighted by molar-refractivity contribution is -0.147. The van der Waals surface area contributed by atoms with Gasteiger partial charge in [0.2, 0.25) is 0 Å². The maximum atomic E-state index is 12.2. The molecule has 13 aliphatic rings. The number of aromatic hydroxyl groups is 3. The highest BCUT2D eigenvalue weighted by Gasteiger charge is 2.54. The monoisotopic (exact) mass is 1980 g/mol. The summed E-state index contributed by atoms with van der Waals surface area (Å²) >= 11 is 6.10. The van der Waals surface area contributed by atoms with E-state index in [-0.39, 0.29) is 101 Å². The van der Waals surface area contributed by atoms with Crippen molar-refractivity contribution >= 4 is 98.5 Å². The predicted octanol–water partition coefficient (Wildman–Crippen LogP) is 13.4. The van der Waals surface area contributed by atoms with Crippen molar-refractivity contribution in [1.82, 2.24) is 29.1 Å². The van der Waals surface area contributed by atoms with Crippen molar-refractivity contribution in [2.24, 2.45) is 41.4 Å². The first-order chi connectivity index (χ1) is 62.4. The zero-order chi connectivity index (χ0) is 98.7. The number of aliphatic hydroxyl groups excluding tert-OH is 2. The van der Waals surface area contributed by atoms with Gasteiger partial charge in [-0.3, -0.25) is 38.3 Å². The Morgan fingerprint density at radius 2 is 0.947 bits per heavy atom. The second-order valence-electron chi connectivity index (χ2n) is 36.7. The Hall–Kier alpha value is -9.59. The van der Waals surface area contributed by atoms with E-state index in [2.05, 4.69) is 94.3 Å². The zero-order valence-electron chi connectivity index (χ0n) is 79.9. The van der Waals surface area contributed by atoms with Gasteiger partial charge in [0.05, 0.1) is 95.8 Å². The number of aliphatic hydroxyl groups is 2. The summed E-state index contributed by atoms with van der Waals surface area (Å²) in [5.74, 6) is 4.96. The molecule has 0 spiro atoms. The van der Waals surface area contributed by atoms with Crippen molar-refractivity contribution in [3.05, 3.63) is 94.3 Å². The van der Waals surface area contributed by atoms with Gasteiger partial charge < -0.3 is 92.3 Å². The molecule has 12 bridgehead atoms. The SMILES string of the molecule is C#CC(=O)OC.C1CCOC1.CC(C)(C)OC(=O)n1cccc1.CCO.CN1C2CCC1C(CO)C2.CN1C2CCC1C(COc1cccc(O)c1C=O)C2.COC(=O)C#CBr.COC(=O)C1=C(Br)C2C=CC1N2C(=O)OC(C)(C)C.COC(=O)C1CC2CCC1C2.COC(=O)C1CC2CCC1N2C.COC(=O)C1CC2CCC1N2C(=O)OC(C)(C)C.O=Cc1c(O)cccc1O. The molecule has 132 heavy (non-hydrogen) atoms. The van der Waals surface area contributed by atoms with Crippen molar-refractivity contribution in [3.63, 3.8) is 0 Å². The standard InChI is InChI=1S/C15H19NO3.C13H16BrNO4.C13H21NO4.C9H15NO2.C9H13NO2.C9H14O2.C8H15NO.C7H6O3.C4H3BrO2.C4H4O2.C4H8O.C2H6O/c1-16-11-5-6-13(16)10(7-11)9-19-15-4-2-3-14(18)12(15)8-17;1-13(2,3)19-12(17)15-7-5-6-8(15)10(14)9(7)11(16)18-4;1-13(2,3)18-12(16)14-8-5-6-10(14)9(7-8)11(15)17-4;1-10-6-3-4-8(10)7(5-6)9(11)12-2;1-9(2,3)12-8(11)10-6-4-5-7-10;1-11-9(10)8-5-6-2-3-7(8)4-6;1-9-7-2-3-8(9)6(4-7)5-10;8-4-5-6(9)2-1-3-7(5)10;1-7-4(6)2-3-5;1-3-4(5)6-2;1-2-4-5-3-1;1-2-3/h2-4,8,10-11,13,18H,5-7,9H2,1H3;5-8H,1-4H3;8-10H,5-7H2,1-4H3;6-8H,3-5H2,1-2H3;4-7H,1-3H3;6-8H,2-5H2,1H3;6-8,10H,2-5H2,1H3;1-4,9-10H;1H3;1H,2H3;1-4H2;3H,2H2,1H3. The van der Waals surface area contributed by atoms with E-state index in [1.807, 2.05) is 53.7 Å². The van der Waals surface area contributed by atoms with Gasteiger partial charge in [-0.2, -0.15) is 0 Å². The lowest BCUT2D eigenvalue weighted by atomic mass is 9.89. The fourth-order valence-electron chi connectivity index (χ4n) is 18.8. The normalized spacial score (nSPS) is 26.0. The second-order valence-corrected chi connectivity index (χ2v) is 38.0. The Balaban J connectivity index is 0.000000261. The molecule has 1 aromatic heterocycles. The number of carbonyl (C=O) groups is 11. The minimum absolute atomic E-state index is 0.0161. The maximum absolute atomic E-state index is 12.2. The third-order valence-electron chi connectivity index (χ3n) is 24.9. The van der Waals surface area contributed by atoms with E-state index in [0.29, 0.717) is 96.0 Å². The number of phenolic OH excluding ortho intramolecular Hbond substituents is 3. The molecule has 5 N–H and O–H groups in total. The molecule has 17 atom stereocenters. The molecule has 2 aromatic carbocycles. The highest BCUT2D eigenvalue weighted by atomic mass is 79.9. The van der Waals surface area contributed by atoms with Crippen molar-refractivity contribution in [2.45, 2.75) is 262 Å². The van der Waals surface area contributed by atoms with Crippen LogP contribution in [0.5, 0.6) is 23.0 Å². The van der Waals surface area contributed by atoms with Gasteiger partial charge in [0.25, 0.3) is 0 Å². The average molecular weight is 1980 g/mol. The summed E-state index contributed by atoms with van der Waals surface area (Å²) in [6.45, 7) is 21.4. The third kappa shape index (κ3) is 33.2. The number of methoxy groups -OCH3 is 6. The fourth-order valence-corrected chi connectivity index (χ4v) is 19.7. The number of fused-ring (bicyclic) bond motifs is 12. The molecule has 12 heterocycles. The van der Waals surface area contributed by atoms with Crippen LogP contribution in [0.2, 0.25) is 0 Å². The van der Waals surface area contributed by atoms with Gasteiger partial charge in [-0.05, 0) is 259 Å². The molecule has 35 heteroatoms. The van der Waals surface area contributed by atoms with E-state index in [0.717, 1.165) is 50.9 Å². The van der Waals surface area contributed by atoms with Gasteiger partial charge >= 0.3 is 54.1 Å². The number of carbonyl (C=O) groups excluding carboxylic acids is 11. The highest BCUT2D eigenvalue weighted by Crippen LogP contribution is 2.50. The van der Waals surface area contributed by atoms with Crippen molar-refractivity contribution in [1.29, 1.82) is 0 Å². The molecule has 2 aliphatic carbocycles. The zero-order valence-corrected chi connectivity index (χ0v) is 83.1. The molecule has 0 radical (unpaired) electrons. The minimum Gasteiger partial charge on any atom is -0.507 e. The number of hydrogen-bond acceptors (Lipinski definition) is 30. The van der Waals surface area contributed by atoms with Gasteiger partial charge in [-0.1, -0.05) is 46.6 Å². The number of aromatic nitrogens is 1. The second kappa shape index (κ2) is 54.7. The number of amides is 2. The summed E-state index contributed by atoms with van der Waals surface area (Å²) in [7, 11) is 14.7. The van der Waals surface area contributed by atoms with Crippen LogP contribution in [0.4, 0.5) is 14.4 Å². The Labute approximate surface area is 794 Å². The van der Waals surface area contributed by atoms with Gasteiger partial charge in [-0.15, -0.1) is 6.42 Å². The summed E-state index contributed by atoms with van der Waals surface area (Å²) in [5.41, 5.74) is -0.861. The number of terminal acetylenes is 1. The molecule has 2 saturated carbocycles. The molecular weight excluding hydrogens is 1840 g/mol. The lowest BCUT2D eigenvalue weighted by Gasteiger charge is -2.28. The molecule has 2 amide bonds. The van der Waals surface area contributed by atoms with E-state index in [1.165, 1.54) is 160 Å². The van der Waals surface area contributed by atoms with Crippen molar-refractivity contribution in [2.75, 3.05) is 96.8 Å². The Bertz CT molecular complexity index is 4400. The number of phenols is 3.